The lowest BCUT2D eigenvalue weighted by Gasteiger charge is -2.34. The molecular weight excluding hydrogens is 452 g/mol. The van der Waals surface area contributed by atoms with Crippen molar-refractivity contribution in [3.63, 3.8) is 0 Å². The highest BCUT2D eigenvalue weighted by atomic mass is 32.1. The van der Waals surface area contributed by atoms with Crippen LogP contribution in [0.1, 0.15) is 26.3 Å². The SMILES string of the molecule is Cc1ccnc(Nc2cccc(-c3cnc(N4CCN(CC(=O)OC(C)(C)C)C(=O)C4)s3)n2)c1. The second-order valence-electron chi connectivity index (χ2n) is 9.08. The second-order valence-corrected chi connectivity index (χ2v) is 10.1. The first-order chi connectivity index (χ1) is 16.2. The smallest absolute Gasteiger partial charge is 0.326 e. The highest BCUT2D eigenvalue weighted by Gasteiger charge is 2.29. The van der Waals surface area contributed by atoms with Gasteiger partial charge in [-0.15, -0.1) is 0 Å². The fourth-order valence-corrected chi connectivity index (χ4v) is 4.39. The Hall–Kier alpha value is -3.53. The summed E-state index contributed by atoms with van der Waals surface area (Å²) in [5.41, 5.74) is 1.33. The largest absolute Gasteiger partial charge is 0.459 e. The molecule has 0 atom stereocenters. The monoisotopic (exact) mass is 480 g/mol. The lowest BCUT2D eigenvalue weighted by molar-refractivity contribution is -0.159. The Morgan fingerprint density at radius 1 is 1.18 bits per heavy atom. The number of ether oxygens (including phenoxy) is 1. The summed E-state index contributed by atoms with van der Waals surface area (Å²) < 4.78 is 5.33. The van der Waals surface area contributed by atoms with Crippen LogP contribution >= 0.6 is 11.3 Å². The van der Waals surface area contributed by atoms with Crippen molar-refractivity contribution in [2.75, 3.05) is 36.4 Å². The Bertz CT molecular complexity index is 1190. The third kappa shape index (κ3) is 6.07. The number of nitrogens with one attached hydrogen (secondary N) is 1. The van der Waals surface area contributed by atoms with Gasteiger partial charge in [0.2, 0.25) is 5.91 Å². The topological polar surface area (TPSA) is 101 Å². The van der Waals surface area contributed by atoms with Crippen molar-refractivity contribution in [3.05, 3.63) is 48.3 Å². The number of hydrogen-bond donors (Lipinski definition) is 1. The van der Waals surface area contributed by atoms with E-state index in [2.05, 4.69) is 20.3 Å². The van der Waals surface area contributed by atoms with Crippen LogP contribution in [0.15, 0.2) is 42.7 Å². The molecule has 0 spiro atoms. The van der Waals surface area contributed by atoms with E-state index in [4.69, 9.17) is 4.74 Å². The number of amides is 1. The number of carbonyl (C=O) groups excluding carboxylic acids is 2. The van der Waals surface area contributed by atoms with E-state index in [1.807, 2.05) is 62.9 Å². The summed E-state index contributed by atoms with van der Waals surface area (Å²) in [5.74, 6) is 0.906. The Labute approximate surface area is 202 Å². The quantitative estimate of drug-likeness (QED) is 0.534. The summed E-state index contributed by atoms with van der Waals surface area (Å²) >= 11 is 1.48. The summed E-state index contributed by atoms with van der Waals surface area (Å²) in [4.78, 5) is 42.6. The first kappa shape index (κ1) is 23.6. The van der Waals surface area contributed by atoms with Gasteiger partial charge >= 0.3 is 5.97 Å². The van der Waals surface area contributed by atoms with Crippen molar-refractivity contribution in [2.24, 2.45) is 0 Å². The van der Waals surface area contributed by atoms with Gasteiger partial charge in [0, 0.05) is 25.5 Å². The molecule has 4 heterocycles. The number of carbonyl (C=O) groups is 2. The zero-order valence-corrected chi connectivity index (χ0v) is 20.6. The van der Waals surface area contributed by atoms with E-state index in [0.717, 1.165) is 27.1 Å². The van der Waals surface area contributed by atoms with Crippen LogP contribution in [0.5, 0.6) is 0 Å². The number of rotatable bonds is 6. The fraction of sp³-hybridized carbons (Fsp3) is 0.375. The lowest BCUT2D eigenvalue weighted by atomic mass is 10.2. The minimum atomic E-state index is -0.573. The van der Waals surface area contributed by atoms with Gasteiger partial charge in [0.25, 0.3) is 0 Å². The van der Waals surface area contributed by atoms with Gasteiger partial charge in [0.15, 0.2) is 5.13 Å². The molecule has 1 aliphatic heterocycles. The molecule has 178 valence electrons. The van der Waals surface area contributed by atoms with Gasteiger partial charge in [-0.1, -0.05) is 17.4 Å². The molecule has 1 fully saturated rings. The van der Waals surface area contributed by atoms with Crippen LogP contribution in [0.2, 0.25) is 0 Å². The summed E-state index contributed by atoms with van der Waals surface area (Å²) in [6.07, 6.45) is 3.53. The standard InChI is InChI=1S/C24H28N6O3S/c1-16-8-9-25-20(12-16)28-19-7-5-6-17(27-19)18-13-26-23(34-18)30-11-10-29(21(31)14-30)15-22(32)33-24(2,3)4/h5-9,12-13H,10-11,14-15H2,1-4H3,(H,25,27,28). The Balaban J connectivity index is 1.39. The van der Waals surface area contributed by atoms with E-state index in [-0.39, 0.29) is 19.0 Å². The van der Waals surface area contributed by atoms with Crippen molar-refractivity contribution in [2.45, 2.75) is 33.3 Å². The van der Waals surface area contributed by atoms with E-state index in [0.29, 0.717) is 18.9 Å². The molecule has 3 aromatic heterocycles. The molecule has 1 saturated heterocycles. The maximum absolute atomic E-state index is 12.6. The summed E-state index contributed by atoms with van der Waals surface area (Å²) in [6.45, 7) is 8.61. The molecule has 4 rings (SSSR count). The number of esters is 1. The van der Waals surface area contributed by atoms with Gasteiger partial charge < -0.3 is 19.9 Å². The number of pyridine rings is 2. The van der Waals surface area contributed by atoms with Crippen molar-refractivity contribution >= 4 is 40.0 Å². The van der Waals surface area contributed by atoms with Crippen LogP contribution < -0.4 is 10.2 Å². The maximum Gasteiger partial charge on any atom is 0.326 e. The number of piperazine rings is 1. The molecule has 0 aliphatic carbocycles. The van der Waals surface area contributed by atoms with Crippen LogP contribution in [0.25, 0.3) is 10.6 Å². The molecule has 34 heavy (non-hydrogen) atoms. The third-order valence-corrected chi connectivity index (χ3v) is 6.08. The van der Waals surface area contributed by atoms with E-state index >= 15 is 0 Å². The minimum Gasteiger partial charge on any atom is -0.459 e. The van der Waals surface area contributed by atoms with Crippen LogP contribution in [-0.4, -0.2) is 63.5 Å². The average Bonchev–Trinajstić information content (AvgIpc) is 3.24. The molecule has 0 saturated carbocycles. The van der Waals surface area contributed by atoms with E-state index in [9.17, 15) is 9.59 Å². The Morgan fingerprint density at radius 3 is 2.74 bits per heavy atom. The van der Waals surface area contributed by atoms with Crippen LogP contribution in [0.3, 0.4) is 0 Å². The predicted octanol–water partition coefficient (Wildman–Crippen LogP) is 3.64. The van der Waals surface area contributed by atoms with Gasteiger partial charge in [-0.25, -0.2) is 15.0 Å². The molecular formula is C24H28N6O3S. The average molecular weight is 481 g/mol. The van der Waals surface area contributed by atoms with Crippen molar-refractivity contribution < 1.29 is 14.3 Å². The maximum atomic E-state index is 12.6. The third-order valence-electron chi connectivity index (χ3n) is 5.00. The molecule has 1 amide bonds. The predicted molar refractivity (Wildman–Crippen MR) is 132 cm³/mol. The highest BCUT2D eigenvalue weighted by molar-refractivity contribution is 7.18. The number of aromatic nitrogens is 3. The Morgan fingerprint density at radius 2 is 2.00 bits per heavy atom. The first-order valence-electron chi connectivity index (χ1n) is 11.0. The number of anilines is 3. The van der Waals surface area contributed by atoms with Crippen molar-refractivity contribution in [1.29, 1.82) is 0 Å². The number of hydrogen-bond acceptors (Lipinski definition) is 9. The number of thiazole rings is 1. The van der Waals surface area contributed by atoms with E-state index < -0.39 is 11.6 Å². The van der Waals surface area contributed by atoms with E-state index in [1.165, 1.54) is 16.2 Å². The van der Waals surface area contributed by atoms with Crippen LogP contribution in [0.4, 0.5) is 16.8 Å². The zero-order chi connectivity index (χ0) is 24.3. The molecule has 0 aromatic carbocycles. The normalized spacial score (nSPS) is 14.3. The Kier molecular flexibility index (Phi) is 6.78. The van der Waals surface area contributed by atoms with Crippen molar-refractivity contribution in [3.8, 4) is 10.6 Å². The molecule has 3 aromatic rings. The lowest BCUT2D eigenvalue weighted by Crippen LogP contribution is -2.52. The number of aryl methyl sites for hydroxylation is 1. The van der Waals surface area contributed by atoms with Crippen LogP contribution in [-0.2, 0) is 14.3 Å². The van der Waals surface area contributed by atoms with Gasteiger partial charge in [-0.3, -0.25) is 9.59 Å². The molecule has 9 nitrogen and oxygen atoms in total. The van der Waals surface area contributed by atoms with Gasteiger partial charge in [-0.05, 0) is 57.5 Å². The summed E-state index contributed by atoms with van der Waals surface area (Å²) in [5, 5.41) is 3.98. The summed E-state index contributed by atoms with van der Waals surface area (Å²) in [6, 6.07) is 9.64. The minimum absolute atomic E-state index is 0.0351. The molecule has 1 aliphatic rings. The highest BCUT2D eigenvalue weighted by Crippen LogP contribution is 2.31. The molecule has 10 heteroatoms. The van der Waals surface area contributed by atoms with Gasteiger partial charge in [0.05, 0.1) is 17.1 Å². The van der Waals surface area contributed by atoms with Crippen LogP contribution in [0, 0.1) is 6.92 Å². The second kappa shape index (κ2) is 9.76. The molecule has 1 N–H and O–H groups in total. The van der Waals surface area contributed by atoms with Crippen molar-refractivity contribution in [1.82, 2.24) is 19.9 Å². The van der Waals surface area contributed by atoms with Gasteiger partial charge in [0.1, 0.15) is 23.8 Å². The number of nitrogens with zero attached hydrogens (tertiary/aromatic N) is 5. The zero-order valence-electron chi connectivity index (χ0n) is 19.7. The van der Waals surface area contributed by atoms with E-state index in [1.54, 1.807) is 12.4 Å². The molecule has 0 unspecified atom stereocenters. The van der Waals surface area contributed by atoms with Gasteiger partial charge in [-0.2, -0.15) is 0 Å². The molecule has 0 radical (unpaired) electrons. The first-order valence-corrected chi connectivity index (χ1v) is 11.9. The summed E-state index contributed by atoms with van der Waals surface area (Å²) in [7, 11) is 0. The molecule has 0 bridgehead atoms. The fourth-order valence-electron chi connectivity index (χ4n) is 3.48.